The average Bonchev–Trinajstić information content (AvgIpc) is 2.76. The van der Waals surface area contributed by atoms with E-state index in [0.717, 1.165) is 25.0 Å². The van der Waals surface area contributed by atoms with Crippen molar-refractivity contribution < 1.29 is 23.9 Å². The molecule has 0 spiro atoms. The van der Waals surface area contributed by atoms with Crippen molar-refractivity contribution in [1.29, 1.82) is 0 Å². The van der Waals surface area contributed by atoms with Crippen LogP contribution < -0.4 is 14.8 Å². The number of unbranched alkanes of at least 4 members (excludes halogenated alkanes) is 8. The van der Waals surface area contributed by atoms with Gasteiger partial charge in [0.05, 0.1) is 30.8 Å². The predicted molar refractivity (Wildman–Crippen MR) is 125 cm³/mol. The van der Waals surface area contributed by atoms with Crippen LogP contribution in [0.4, 0.5) is 10.5 Å². The highest BCUT2D eigenvalue weighted by atomic mass is 32.1. The Balaban J connectivity index is 2.37. The Kier molecular flexibility index (Phi) is 13.5. The van der Waals surface area contributed by atoms with E-state index < -0.39 is 17.1 Å². The molecule has 1 N–H and O–H groups in total. The highest BCUT2D eigenvalue weighted by Gasteiger charge is 2.25. The van der Waals surface area contributed by atoms with Crippen LogP contribution in [0.15, 0.2) is 12.1 Å². The summed E-state index contributed by atoms with van der Waals surface area (Å²) in [5.74, 6) is 1.55. The number of thiol groups is 1. The summed E-state index contributed by atoms with van der Waals surface area (Å²) < 4.78 is 15.7. The van der Waals surface area contributed by atoms with Gasteiger partial charge >= 0.3 is 6.09 Å². The molecule has 0 saturated heterocycles. The fourth-order valence-corrected chi connectivity index (χ4v) is 3.52. The van der Waals surface area contributed by atoms with Crippen molar-refractivity contribution in [1.82, 2.24) is 5.32 Å². The van der Waals surface area contributed by atoms with Gasteiger partial charge in [-0.3, -0.25) is 10.1 Å². The number of nitro groups is 1. The Labute approximate surface area is 190 Å². The number of hydrogen-bond donors (Lipinski definition) is 2. The summed E-state index contributed by atoms with van der Waals surface area (Å²) in [6, 6.07) is 2.74. The quantitative estimate of drug-likeness (QED) is 0.140. The number of amides is 1. The van der Waals surface area contributed by atoms with E-state index >= 15 is 0 Å². The van der Waals surface area contributed by atoms with Crippen LogP contribution in [0.25, 0.3) is 0 Å². The van der Waals surface area contributed by atoms with Gasteiger partial charge in [0.1, 0.15) is 6.10 Å². The maximum Gasteiger partial charge on any atom is 0.407 e. The average molecular weight is 457 g/mol. The Morgan fingerprint density at radius 2 is 1.52 bits per heavy atom. The summed E-state index contributed by atoms with van der Waals surface area (Å²) in [5.41, 5.74) is 0.0516. The molecule has 0 aliphatic rings. The number of rotatable bonds is 16. The zero-order chi connectivity index (χ0) is 23.1. The highest BCUT2D eigenvalue weighted by molar-refractivity contribution is 7.80. The molecule has 1 atom stereocenters. The number of ether oxygens (including phenoxy) is 3. The molecule has 0 radical (unpaired) electrons. The molecule has 0 saturated carbocycles. The normalized spacial score (nSPS) is 11.6. The smallest absolute Gasteiger partial charge is 0.407 e. The maximum atomic E-state index is 12.1. The van der Waals surface area contributed by atoms with Crippen molar-refractivity contribution in [2.45, 2.75) is 70.8 Å². The molecule has 8 nitrogen and oxygen atoms in total. The van der Waals surface area contributed by atoms with E-state index in [2.05, 4.69) is 17.9 Å². The van der Waals surface area contributed by atoms with Crippen molar-refractivity contribution in [3.8, 4) is 11.5 Å². The molecule has 0 aromatic heterocycles. The Morgan fingerprint density at radius 1 is 1.00 bits per heavy atom. The molecule has 9 heteroatoms. The number of hydrogen-bond acceptors (Lipinski definition) is 7. The van der Waals surface area contributed by atoms with E-state index in [-0.39, 0.29) is 17.0 Å². The van der Waals surface area contributed by atoms with Gasteiger partial charge in [-0.1, -0.05) is 44.9 Å². The van der Waals surface area contributed by atoms with Crippen molar-refractivity contribution in [2.75, 3.05) is 26.5 Å². The third-order valence-electron chi connectivity index (χ3n) is 5.06. The third-order valence-corrected chi connectivity index (χ3v) is 5.37. The van der Waals surface area contributed by atoms with Gasteiger partial charge in [0.25, 0.3) is 5.69 Å². The summed E-state index contributed by atoms with van der Waals surface area (Å²) in [6.45, 7) is 2.10. The van der Waals surface area contributed by atoms with Crippen LogP contribution in [0.1, 0.15) is 76.4 Å². The first-order chi connectivity index (χ1) is 14.9. The van der Waals surface area contributed by atoms with Crippen LogP contribution in [-0.2, 0) is 4.74 Å². The van der Waals surface area contributed by atoms with Crippen LogP contribution >= 0.6 is 12.6 Å². The topological polar surface area (TPSA) is 99.9 Å². The van der Waals surface area contributed by atoms with E-state index in [4.69, 9.17) is 14.2 Å². The van der Waals surface area contributed by atoms with Crippen LogP contribution in [0.2, 0.25) is 0 Å². The summed E-state index contributed by atoms with van der Waals surface area (Å²) >= 11 is 4.22. The van der Waals surface area contributed by atoms with Gasteiger partial charge in [-0.15, -0.1) is 0 Å². The molecule has 31 heavy (non-hydrogen) atoms. The molecule has 1 unspecified atom stereocenters. The number of alkyl carbamates (subject to hydrolysis) is 1. The largest absolute Gasteiger partial charge is 0.493 e. The SMILES string of the molecule is COc1cc(C(C)OC(=O)NCCCCCCCCCCCS)c([N+](=O)[O-])cc1OC. The Bertz CT molecular complexity index is 686. The summed E-state index contributed by atoms with van der Waals surface area (Å²) in [6.07, 6.45) is 9.15. The molecule has 0 bridgehead atoms. The van der Waals surface area contributed by atoms with Crippen LogP contribution in [0, 0.1) is 10.1 Å². The summed E-state index contributed by atoms with van der Waals surface area (Å²) in [5, 5.41) is 14.1. The van der Waals surface area contributed by atoms with E-state index in [1.807, 2.05) is 0 Å². The molecule has 0 fully saturated rings. The zero-order valence-electron chi connectivity index (χ0n) is 18.9. The number of carbonyl (C=O) groups excluding carboxylic acids is 1. The first-order valence-corrected chi connectivity index (χ1v) is 11.5. The van der Waals surface area contributed by atoms with Gasteiger partial charge in [0.15, 0.2) is 11.5 Å². The van der Waals surface area contributed by atoms with Crippen LogP contribution in [-0.4, -0.2) is 37.5 Å². The lowest BCUT2D eigenvalue weighted by Gasteiger charge is -2.16. The molecule has 1 rings (SSSR count). The lowest BCUT2D eigenvalue weighted by Crippen LogP contribution is -2.26. The Hall–Kier alpha value is -2.16. The molecule has 176 valence electrons. The highest BCUT2D eigenvalue weighted by Crippen LogP contribution is 2.38. The number of benzene rings is 1. The predicted octanol–water partition coefficient (Wildman–Crippen LogP) is 5.84. The Morgan fingerprint density at radius 3 is 2.03 bits per heavy atom. The van der Waals surface area contributed by atoms with Crippen molar-refractivity contribution in [3.63, 3.8) is 0 Å². The minimum Gasteiger partial charge on any atom is -0.493 e. The molecule has 1 aromatic rings. The van der Waals surface area contributed by atoms with Gasteiger partial charge in [-0.25, -0.2) is 4.79 Å². The van der Waals surface area contributed by atoms with E-state index in [1.165, 1.54) is 64.9 Å². The van der Waals surface area contributed by atoms with Gasteiger partial charge in [0, 0.05) is 6.54 Å². The van der Waals surface area contributed by atoms with E-state index in [0.29, 0.717) is 12.3 Å². The van der Waals surface area contributed by atoms with E-state index in [9.17, 15) is 14.9 Å². The van der Waals surface area contributed by atoms with Gasteiger partial charge in [-0.2, -0.15) is 12.6 Å². The van der Waals surface area contributed by atoms with Crippen molar-refractivity contribution in [2.24, 2.45) is 0 Å². The monoisotopic (exact) mass is 456 g/mol. The number of nitrogens with one attached hydrogen (secondary N) is 1. The molecule has 1 amide bonds. The van der Waals surface area contributed by atoms with E-state index in [1.54, 1.807) is 6.92 Å². The molecule has 1 aromatic carbocycles. The van der Waals surface area contributed by atoms with Gasteiger partial charge in [-0.05, 0) is 31.6 Å². The summed E-state index contributed by atoms with van der Waals surface area (Å²) in [7, 11) is 2.84. The van der Waals surface area contributed by atoms with Gasteiger partial charge < -0.3 is 19.5 Å². The lowest BCUT2D eigenvalue weighted by molar-refractivity contribution is -0.386. The second-order valence-electron chi connectivity index (χ2n) is 7.40. The molecule has 0 heterocycles. The fraction of sp³-hybridized carbons (Fsp3) is 0.682. The first kappa shape index (κ1) is 26.9. The number of nitrogens with zero attached hydrogens (tertiary/aromatic N) is 1. The second kappa shape index (κ2) is 15.6. The zero-order valence-corrected chi connectivity index (χ0v) is 19.7. The fourth-order valence-electron chi connectivity index (χ4n) is 3.30. The maximum absolute atomic E-state index is 12.1. The molecule has 0 aliphatic heterocycles. The number of nitro benzene ring substituents is 1. The molecule has 0 aliphatic carbocycles. The number of methoxy groups -OCH3 is 2. The van der Waals surface area contributed by atoms with Crippen molar-refractivity contribution in [3.05, 3.63) is 27.8 Å². The third kappa shape index (κ3) is 10.1. The molecular formula is C22H36N2O6S. The first-order valence-electron chi connectivity index (χ1n) is 10.9. The van der Waals surface area contributed by atoms with Crippen LogP contribution in [0.3, 0.4) is 0 Å². The molecular weight excluding hydrogens is 420 g/mol. The lowest BCUT2D eigenvalue weighted by atomic mass is 10.1. The minimum absolute atomic E-state index is 0.191. The van der Waals surface area contributed by atoms with Crippen LogP contribution in [0.5, 0.6) is 11.5 Å². The standard InChI is InChI=1S/C22H36N2O6S/c1-17(18-15-20(28-2)21(29-3)16-19(18)24(26)27)30-22(25)23-13-11-9-7-5-4-6-8-10-12-14-31/h15-17,31H,4-14H2,1-3H3,(H,23,25). The minimum atomic E-state index is -0.817. The second-order valence-corrected chi connectivity index (χ2v) is 7.85. The summed E-state index contributed by atoms with van der Waals surface area (Å²) in [4.78, 5) is 23.0. The number of carbonyl (C=O) groups is 1. The van der Waals surface area contributed by atoms with Crippen molar-refractivity contribution >= 4 is 24.4 Å². The van der Waals surface area contributed by atoms with Gasteiger partial charge in [0.2, 0.25) is 0 Å².